The molecule has 0 aliphatic carbocycles. The van der Waals surface area contributed by atoms with Gasteiger partial charge < -0.3 is 15.0 Å². The summed E-state index contributed by atoms with van der Waals surface area (Å²) in [6.07, 6.45) is 0. The fourth-order valence-corrected chi connectivity index (χ4v) is 5.11. The van der Waals surface area contributed by atoms with E-state index in [-0.39, 0.29) is 10.8 Å². The van der Waals surface area contributed by atoms with Crippen LogP contribution in [-0.4, -0.2) is 54.8 Å². The van der Waals surface area contributed by atoms with Crippen molar-refractivity contribution < 1.29 is 17.9 Å². The molecule has 10 heteroatoms. The van der Waals surface area contributed by atoms with Crippen LogP contribution in [-0.2, 0) is 14.8 Å². The number of aryl methyl sites for hydroxylation is 2. The second-order valence-corrected chi connectivity index (χ2v) is 10.1. The van der Waals surface area contributed by atoms with E-state index >= 15 is 0 Å². The summed E-state index contributed by atoms with van der Waals surface area (Å²) in [5.74, 6) is 2.20. The minimum atomic E-state index is -3.64. The number of carbonyl (C=O) groups is 1. The monoisotopic (exact) mass is 481 g/mol. The number of benzene rings is 2. The lowest BCUT2D eigenvalue weighted by Crippen LogP contribution is -2.49. The molecule has 1 fully saturated rings. The number of nitrogens with one attached hydrogen (secondary N) is 1. The fourth-order valence-electron chi connectivity index (χ4n) is 3.69. The largest absolute Gasteiger partial charge is 0.439 e. The zero-order chi connectivity index (χ0) is 24.3. The molecule has 2 aromatic carbocycles. The fraction of sp³-hybridized carbons (Fsp3) is 0.292. The molecule has 0 bridgehead atoms. The normalized spacial score (nSPS) is 14.6. The zero-order valence-electron chi connectivity index (χ0n) is 19.4. The summed E-state index contributed by atoms with van der Waals surface area (Å²) in [6, 6.07) is 15.7. The van der Waals surface area contributed by atoms with Crippen molar-refractivity contribution in [1.29, 1.82) is 0 Å². The average Bonchev–Trinajstić information content (AvgIpc) is 2.80. The highest BCUT2D eigenvalue weighted by atomic mass is 32.2. The van der Waals surface area contributed by atoms with Gasteiger partial charge in [-0.25, -0.2) is 13.4 Å². The number of ether oxygens (including phenoxy) is 1. The van der Waals surface area contributed by atoms with Gasteiger partial charge in [-0.1, -0.05) is 17.7 Å². The molecular weight excluding hydrogens is 454 g/mol. The first-order valence-electron chi connectivity index (χ1n) is 10.9. The minimum absolute atomic E-state index is 0.196. The first-order chi connectivity index (χ1) is 16.2. The molecule has 0 unspecified atom stereocenters. The van der Waals surface area contributed by atoms with Crippen molar-refractivity contribution in [2.45, 2.75) is 25.7 Å². The number of aromatic nitrogens is 2. The number of carbonyl (C=O) groups excluding carboxylic acids is 1. The smallest absolute Gasteiger partial charge is 0.243 e. The molecule has 0 spiro atoms. The number of hydrogen-bond donors (Lipinski definition) is 1. The molecule has 3 aromatic rings. The van der Waals surface area contributed by atoms with Gasteiger partial charge in [0.05, 0.1) is 4.90 Å². The molecule has 34 heavy (non-hydrogen) atoms. The number of nitrogens with zero attached hydrogens (tertiary/aromatic N) is 4. The van der Waals surface area contributed by atoms with E-state index in [1.165, 1.54) is 23.4 Å². The van der Waals surface area contributed by atoms with Crippen LogP contribution in [0.15, 0.2) is 59.5 Å². The first-order valence-corrected chi connectivity index (χ1v) is 12.4. The van der Waals surface area contributed by atoms with Crippen LogP contribution in [0.1, 0.15) is 18.3 Å². The number of sulfonamides is 1. The average molecular weight is 482 g/mol. The highest BCUT2D eigenvalue weighted by molar-refractivity contribution is 7.89. The third kappa shape index (κ3) is 5.52. The van der Waals surface area contributed by atoms with Crippen LogP contribution in [0, 0.1) is 13.8 Å². The van der Waals surface area contributed by atoms with Crippen molar-refractivity contribution in [3.05, 3.63) is 66.0 Å². The molecule has 1 aliphatic rings. The second-order valence-electron chi connectivity index (χ2n) is 8.12. The molecule has 1 aliphatic heterocycles. The number of anilines is 2. The predicted octanol–water partition coefficient (Wildman–Crippen LogP) is 3.36. The Hall–Kier alpha value is -3.50. The zero-order valence-corrected chi connectivity index (χ0v) is 20.2. The van der Waals surface area contributed by atoms with Gasteiger partial charge in [0.2, 0.25) is 21.8 Å². The van der Waals surface area contributed by atoms with Crippen LogP contribution in [0.4, 0.5) is 11.5 Å². The van der Waals surface area contributed by atoms with E-state index < -0.39 is 10.0 Å². The number of rotatable bonds is 6. The Kier molecular flexibility index (Phi) is 6.80. The number of hydrogen-bond acceptors (Lipinski definition) is 7. The Labute approximate surface area is 199 Å². The van der Waals surface area contributed by atoms with Crippen molar-refractivity contribution in [1.82, 2.24) is 14.3 Å². The molecular formula is C24H27N5O4S. The van der Waals surface area contributed by atoms with Gasteiger partial charge in [0, 0.05) is 44.9 Å². The maximum Gasteiger partial charge on any atom is 0.243 e. The lowest BCUT2D eigenvalue weighted by Gasteiger charge is -2.34. The highest BCUT2D eigenvalue weighted by Gasteiger charge is 2.29. The lowest BCUT2D eigenvalue weighted by molar-refractivity contribution is -0.114. The van der Waals surface area contributed by atoms with Crippen LogP contribution in [0.25, 0.3) is 0 Å². The SMILES string of the molecule is CC(=O)Nc1ccc(S(=O)(=O)N2CCN(c3cc(Oc4ccc(C)cc4)nc(C)n3)CC2)cc1. The van der Waals surface area contributed by atoms with E-state index in [0.717, 1.165) is 5.56 Å². The maximum absolute atomic E-state index is 13.1. The molecule has 0 atom stereocenters. The van der Waals surface area contributed by atoms with Gasteiger partial charge in [-0.05, 0) is 50.2 Å². The quantitative estimate of drug-likeness (QED) is 0.576. The van der Waals surface area contributed by atoms with E-state index in [4.69, 9.17) is 4.74 Å². The van der Waals surface area contributed by atoms with Crippen LogP contribution < -0.4 is 15.0 Å². The highest BCUT2D eigenvalue weighted by Crippen LogP contribution is 2.26. The summed E-state index contributed by atoms with van der Waals surface area (Å²) in [4.78, 5) is 22.3. The van der Waals surface area contributed by atoms with Crippen molar-refractivity contribution in [2.24, 2.45) is 0 Å². The van der Waals surface area contributed by atoms with Crippen molar-refractivity contribution in [3.63, 3.8) is 0 Å². The number of piperazine rings is 1. The van der Waals surface area contributed by atoms with Crippen LogP contribution in [0.2, 0.25) is 0 Å². The topological polar surface area (TPSA) is 105 Å². The van der Waals surface area contributed by atoms with Crippen LogP contribution in [0.5, 0.6) is 11.6 Å². The summed E-state index contributed by atoms with van der Waals surface area (Å²) in [6.45, 7) is 6.85. The number of amides is 1. The molecule has 4 rings (SSSR count). The van der Waals surface area contributed by atoms with Gasteiger partial charge in [-0.3, -0.25) is 4.79 Å². The van der Waals surface area contributed by atoms with E-state index in [0.29, 0.717) is 55.1 Å². The third-order valence-electron chi connectivity index (χ3n) is 5.42. The molecule has 0 radical (unpaired) electrons. The van der Waals surface area contributed by atoms with Crippen LogP contribution >= 0.6 is 0 Å². The van der Waals surface area contributed by atoms with E-state index in [1.54, 1.807) is 25.1 Å². The van der Waals surface area contributed by atoms with Crippen molar-refractivity contribution >= 4 is 27.4 Å². The minimum Gasteiger partial charge on any atom is -0.439 e. The standard InChI is InChI=1S/C24H27N5O4S/c1-17-4-8-21(9-5-17)33-24-16-23(25-18(2)26-24)28-12-14-29(15-13-28)34(31,32)22-10-6-20(7-11-22)27-19(3)30/h4-11,16H,12-15H2,1-3H3,(H,27,30). The van der Waals surface area contributed by atoms with Crippen LogP contribution in [0.3, 0.4) is 0 Å². The third-order valence-corrected chi connectivity index (χ3v) is 7.33. The Balaban J connectivity index is 1.43. The first kappa shape index (κ1) is 23.7. The molecule has 1 N–H and O–H groups in total. The van der Waals surface area contributed by atoms with Gasteiger partial charge in [0.1, 0.15) is 17.4 Å². The summed E-state index contributed by atoms with van der Waals surface area (Å²) in [7, 11) is -3.64. The molecule has 178 valence electrons. The predicted molar refractivity (Wildman–Crippen MR) is 130 cm³/mol. The maximum atomic E-state index is 13.1. The van der Waals surface area contributed by atoms with Gasteiger partial charge in [0.25, 0.3) is 0 Å². The summed E-state index contributed by atoms with van der Waals surface area (Å²) in [5.41, 5.74) is 1.70. The van der Waals surface area contributed by atoms with Gasteiger partial charge >= 0.3 is 0 Å². The Morgan fingerprint density at radius 3 is 2.21 bits per heavy atom. The van der Waals surface area contributed by atoms with Gasteiger partial charge in [-0.2, -0.15) is 9.29 Å². The summed E-state index contributed by atoms with van der Waals surface area (Å²) < 4.78 is 33.5. The molecule has 1 aromatic heterocycles. The van der Waals surface area contributed by atoms with Crippen molar-refractivity contribution in [3.8, 4) is 11.6 Å². The molecule has 9 nitrogen and oxygen atoms in total. The van der Waals surface area contributed by atoms with E-state index in [9.17, 15) is 13.2 Å². The Morgan fingerprint density at radius 2 is 1.59 bits per heavy atom. The Bertz CT molecular complexity index is 1270. The van der Waals surface area contributed by atoms with E-state index in [2.05, 4.69) is 15.3 Å². The molecule has 1 saturated heterocycles. The summed E-state index contributed by atoms with van der Waals surface area (Å²) in [5, 5.41) is 2.64. The summed E-state index contributed by atoms with van der Waals surface area (Å²) >= 11 is 0. The van der Waals surface area contributed by atoms with Gasteiger partial charge in [-0.15, -0.1) is 0 Å². The Morgan fingerprint density at radius 1 is 0.941 bits per heavy atom. The molecule has 1 amide bonds. The van der Waals surface area contributed by atoms with Gasteiger partial charge in [0.15, 0.2) is 0 Å². The molecule has 0 saturated carbocycles. The van der Waals surface area contributed by atoms with Crippen molar-refractivity contribution in [2.75, 3.05) is 36.4 Å². The molecule has 2 heterocycles. The second kappa shape index (κ2) is 9.78. The lowest BCUT2D eigenvalue weighted by atomic mass is 10.2. The van der Waals surface area contributed by atoms with E-state index in [1.807, 2.05) is 36.1 Å².